The number of phenols is 1. The van der Waals surface area contributed by atoms with Crippen molar-refractivity contribution in [2.24, 2.45) is 5.73 Å². The Bertz CT molecular complexity index is 346. The van der Waals surface area contributed by atoms with Crippen molar-refractivity contribution in [1.82, 2.24) is 0 Å². The molecule has 0 atom stereocenters. The minimum Gasteiger partial charge on any atom is -0.507 e. The Morgan fingerprint density at radius 3 is 2.46 bits per heavy atom. The van der Waals surface area contributed by atoms with Crippen LogP contribution in [0.4, 0.5) is 0 Å². The predicted octanol–water partition coefficient (Wildman–Crippen LogP) is 0.450. The highest BCUT2D eigenvalue weighted by molar-refractivity contribution is 6.08. The first kappa shape index (κ1) is 9.25. The Morgan fingerprint density at radius 2 is 1.92 bits per heavy atom. The molecular weight excluding hydrogens is 170 g/mol. The van der Waals surface area contributed by atoms with Crippen molar-refractivity contribution in [1.29, 1.82) is 0 Å². The summed E-state index contributed by atoms with van der Waals surface area (Å²) in [5.74, 6) is -1.30. The molecule has 3 N–H and O–H groups in total. The van der Waals surface area contributed by atoms with Gasteiger partial charge in [-0.25, -0.2) is 0 Å². The zero-order valence-corrected chi connectivity index (χ0v) is 6.86. The number of carbonyl (C=O) groups is 2. The normalized spacial score (nSPS) is 9.54. The van der Waals surface area contributed by atoms with E-state index in [-0.39, 0.29) is 17.7 Å². The average Bonchev–Trinajstić information content (AvgIpc) is 2.03. The molecule has 0 radical (unpaired) electrons. The molecule has 1 aromatic rings. The maximum Gasteiger partial charge on any atom is 0.225 e. The highest BCUT2D eigenvalue weighted by Crippen LogP contribution is 2.16. The Morgan fingerprint density at radius 1 is 1.31 bits per heavy atom. The van der Waals surface area contributed by atoms with Gasteiger partial charge in [0.15, 0.2) is 5.78 Å². The number of primary amides is 1. The minimum atomic E-state index is -0.701. The summed E-state index contributed by atoms with van der Waals surface area (Å²) >= 11 is 0. The number of Topliss-reactive ketones (excluding diaryl/α,β-unsaturated/α-hetero) is 1. The number of ketones is 1. The number of rotatable bonds is 3. The zero-order valence-electron chi connectivity index (χ0n) is 6.86. The van der Waals surface area contributed by atoms with Crippen LogP contribution in [-0.4, -0.2) is 16.8 Å². The lowest BCUT2D eigenvalue weighted by Crippen LogP contribution is -2.16. The van der Waals surface area contributed by atoms with Crippen LogP contribution in [0.25, 0.3) is 0 Å². The molecule has 0 aliphatic carbocycles. The number of nitrogens with two attached hydrogens (primary N) is 1. The van der Waals surface area contributed by atoms with Gasteiger partial charge in [-0.2, -0.15) is 0 Å². The third-order valence-electron chi connectivity index (χ3n) is 1.54. The van der Waals surface area contributed by atoms with Gasteiger partial charge in [-0.1, -0.05) is 12.1 Å². The summed E-state index contributed by atoms with van der Waals surface area (Å²) in [5, 5.41) is 9.22. The number of para-hydroxylation sites is 1. The van der Waals surface area contributed by atoms with E-state index >= 15 is 0 Å². The summed E-state index contributed by atoms with van der Waals surface area (Å²) in [4.78, 5) is 21.6. The van der Waals surface area contributed by atoms with Crippen molar-refractivity contribution in [3.63, 3.8) is 0 Å². The maximum absolute atomic E-state index is 11.2. The number of carbonyl (C=O) groups excluding carboxylic acids is 2. The molecule has 0 unspecified atom stereocenters. The van der Waals surface area contributed by atoms with Gasteiger partial charge in [0.25, 0.3) is 0 Å². The van der Waals surface area contributed by atoms with Gasteiger partial charge in [-0.15, -0.1) is 0 Å². The molecule has 1 rings (SSSR count). The van der Waals surface area contributed by atoms with Crippen LogP contribution >= 0.6 is 0 Å². The number of hydrogen-bond donors (Lipinski definition) is 2. The van der Waals surface area contributed by atoms with Crippen molar-refractivity contribution in [2.75, 3.05) is 0 Å². The van der Waals surface area contributed by atoms with Gasteiger partial charge in [0.05, 0.1) is 12.0 Å². The molecule has 4 nitrogen and oxygen atoms in total. The quantitative estimate of drug-likeness (QED) is 0.522. The molecule has 0 saturated carbocycles. The molecule has 0 heterocycles. The van der Waals surface area contributed by atoms with Crippen LogP contribution in [0.5, 0.6) is 5.75 Å². The molecule has 68 valence electrons. The molecule has 0 bridgehead atoms. The maximum atomic E-state index is 11.2. The zero-order chi connectivity index (χ0) is 9.84. The number of aromatic hydroxyl groups is 1. The van der Waals surface area contributed by atoms with Crippen LogP contribution in [-0.2, 0) is 4.79 Å². The van der Waals surface area contributed by atoms with E-state index in [0.717, 1.165) is 0 Å². The van der Waals surface area contributed by atoms with E-state index in [2.05, 4.69) is 0 Å². The number of hydrogen-bond acceptors (Lipinski definition) is 3. The summed E-state index contributed by atoms with van der Waals surface area (Å²) < 4.78 is 0. The van der Waals surface area contributed by atoms with Gasteiger partial charge in [-0.3, -0.25) is 9.59 Å². The largest absolute Gasteiger partial charge is 0.507 e. The Balaban J connectivity index is 2.89. The minimum absolute atomic E-state index is 0.126. The lowest BCUT2D eigenvalue weighted by molar-refractivity contribution is -0.117. The fourth-order valence-electron chi connectivity index (χ4n) is 0.963. The molecule has 4 heteroatoms. The van der Waals surface area contributed by atoms with Crippen LogP contribution in [0.3, 0.4) is 0 Å². The third-order valence-corrected chi connectivity index (χ3v) is 1.54. The third kappa shape index (κ3) is 2.30. The second-order valence-corrected chi connectivity index (χ2v) is 2.58. The van der Waals surface area contributed by atoms with Gasteiger partial charge >= 0.3 is 0 Å². The Labute approximate surface area is 75.0 Å². The van der Waals surface area contributed by atoms with E-state index in [9.17, 15) is 14.7 Å². The van der Waals surface area contributed by atoms with Crippen molar-refractivity contribution < 1.29 is 14.7 Å². The molecular formula is C9H9NO3. The highest BCUT2D eigenvalue weighted by atomic mass is 16.3. The molecule has 1 amide bonds. The molecule has 1 aromatic carbocycles. The fraction of sp³-hybridized carbons (Fsp3) is 0.111. The second kappa shape index (κ2) is 3.71. The number of benzene rings is 1. The van der Waals surface area contributed by atoms with Crippen molar-refractivity contribution in [3.05, 3.63) is 29.8 Å². The highest BCUT2D eigenvalue weighted by Gasteiger charge is 2.12. The molecule has 13 heavy (non-hydrogen) atoms. The van der Waals surface area contributed by atoms with Crippen LogP contribution in [0.1, 0.15) is 16.8 Å². The summed E-state index contributed by atoms with van der Waals surface area (Å²) in [6.07, 6.45) is -0.377. The van der Waals surface area contributed by atoms with Crippen molar-refractivity contribution >= 4 is 11.7 Å². The first-order valence-electron chi connectivity index (χ1n) is 3.70. The van der Waals surface area contributed by atoms with Gasteiger partial charge in [0.2, 0.25) is 5.91 Å². The first-order valence-corrected chi connectivity index (χ1v) is 3.70. The second-order valence-electron chi connectivity index (χ2n) is 2.58. The van der Waals surface area contributed by atoms with Crippen molar-refractivity contribution in [2.45, 2.75) is 6.42 Å². The van der Waals surface area contributed by atoms with Crippen LogP contribution < -0.4 is 5.73 Å². The van der Waals surface area contributed by atoms with E-state index in [0.29, 0.717) is 0 Å². The molecule has 0 aliphatic rings. The molecule has 0 spiro atoms. The van der Waals surface area contributed by atoms with E-state index < -0.39 is 11.7 Å². The van der Waals surface area contributed by atoms with E-state index in [1.165, 1.54) is 12.1 Å². The van der Waals surface area contributed by atoms with Gasteiger partial charge < -0.3 is 10.8 Å². The number of amides is 1. The summed E-state index contributed by atoms with van der Waals surface area (Å²) in [6.45, 7) is 0. The van der Waals surface area contributed by atoms with Gasteiger partial charge in [-0.05, 0) is 12.1 Å². The predicted molar refractivity (Wildman–Crippen MR) is 46.2 cm³/mol. The summed E-state index contributed by atoms with van der Waals surface area (Å²) in [7, 11) is 0. The monoisotopic (exact) mass is 179 g/mol. The van der Waals surface area contributed by atoms with Gasteiger partial charge in [0.1, 0.15) is 5.75 Å². The smallest absolute Gasteiger partial charge is 0.225 e. The van der Waals surface area contributed by atoms with Crippen LogP contribution in [0.15, 0.2) is 24.3 Å². The fourth-order valence-corrected chi connectivity index (χ4v) is 0.963. The van der Waals surface area contributed by atoms with E-state index in [4.69, 9.17) is 5.73 Å². The molecule has 0 aromatic heterocycles. The Kier molecular flexibility index (Phi) is 2.64. The molecule has 0 fully saturated rings. The lowest BCUT2D eigenvalue weighted by Gasteiger charge is -2.00. The van der Waals surface area contributed by atoms with E-state index in [1.807, 2.05) is 0 Å². The van der Waals surface area contributed by atoms with E-state index in [1.54, 1.807) is 12.1 Å². The summed E-state index contributed by atoms with van der Waals surface area (Å²) in [6, 6.07) is 6.03. The number of phenolic OH excluding ortho intramolecular Hbond substituents is 1. The van der Waals surface area contributed by atoms with Crippen LogP contribution in [0, 0.1) is 0 Å². The lowest BCUT2D eigenvalue weighted by atomic mass is 10.1. The standard InChI is InChI=1S/C9H9NO3/c10-9(13)5-8(12)6-3-1-2-4-7(6)11/h1-4,11H,5H2,(H2,10,13). The first-order chi connectivity index (χ1) is 6.11. The van der Waals surface area contributed by atoms with Crippen molar-refractivity contribution in [3.8, 4) is 5.75 Å². The summed E-state index contributed by atoms with van der Waals surface area (Å²) in [5.41, 5.74) is 4.97. The average molecular weight is 179 g/mol. The van der Waals surface area contributed by atoms with Gasteiger partial charge in [0, 0.05) is 0 Å². The SMILES string of the molecule is NC(=O)CC(=O)c1ccccc1O. The molecule has 0 saturated heterocycles. The van der Waals surface area contributed by atoms with Crippen LogP contribution in [0.2, 0.25) is 0 Å². The Hall–Kier alpha value is -1.84. The molecule has 0 aliphatic heterocycles. The topological polar surface area (TPSA) is 80.4 Å².